The zero-order chi connectivity index (χ0) is 16.5. The molecule has 5 heteroatoms. The van der Waals surface area contributed by atoms with Gasteiger partial charge in [-0.25, -0.2) is 4.68 Å². The second kappa shape index (κ2) is 6.02. The minimum atomic E-state index is 0.652. The molecule has 0 unspecified atom stereocenters. The van der Waals surface area contributed by atoms with Crippen LogP contribution in [0, 0.1) is 4.64 Å². The summed E-state index contributed by atoms with van der Waals surface area (Å²) in [7, 11) is 1.92. The summed E-state index contributed by atoms with van der Waals surface area (Å²) in [6.45, 7) is 0.652. The predicted octanol–water partition coefficient (Wildman–Crippen LogP) is 4.21. The number of rotatable bonds is 3. The van der Waals surface area contributed by atoms with Gasteiger partial charge in [-0.3, -0.25) is 4.68 Å². The van der Waals surface area contributed by atoms with Crippen LogP contribution in [0.15, 0.2) is 66.9 Å². The second-order valence-electron chi connectivity index (χ2n) is 5.69. The Morgan fingerprint density at radius 1 is 0.958 bits per heavy atom. The van der Waals surface area contributed by atoms with Crippen LogP contribution >= 0.6 is 12.2 Å². The van der Waals surface area contributed by atoms with Gasteiger partial charge in [-0.05, 0) is 5.56 Å². The summed E-state index contributed by atoms with van der Waals surface area (Å²) in [5, 5.41) is 10.2. The van der Waals surface area contributed by atoms with Crippen LogP contribution in [0.2, 0.25) is 0 Å². The van der Waals surface area contributed by atoms with Crippen molar-refractivity contribution < 1.29 is 0 Å². The van der Waals surface area contributed by atoms with Crippen LogP contribution in [0.5, 0.6) is 0 Å². The Hall–Kier alpha value is -2.79. The van der Waals surface area contributed by atoms with Crippen molar-refractivity contribution in [1.29, 1.82) is 0 Å². The number of benzene rings is 2. The predicted molar refractivity (Wildman–Crippen MR) is 98.3 cm³/mol. The number of hydrogen-bond donors (Lipinski definition) is 0. The maximum absolute atomic E-state index is 5.74. The molecular weight excluding hydrogens is 316 g/mol. The van der Waals surface area contributed by atoms with Gasteiger partial charge in [0.15, 0.2) is 0 Å². The van der Waals surface area contributed by atoms with E-state index in [1.165, 1.54) is 5.56 Å². The third kappa shape index (κ3) is 2.53. The van der Waals surface area contributed by atoms with Gasteiger partial charge >= 0.3 is 0 Å². The van der Waals surface area contributed by atoms with Crippen LogP contribution in [0.1, 0.15) is 5.56 Å². The maximum atomic E-state index is 5.74. The zero-order valence-electron chi connectivity index (χ0n) is 13.3. The van der Waals surface area contributed by atoms with Gasteiger partial charge in [-0.1, -0.05) is 72.9 Å². The van der Waals surface area contributed by atoms with Gasteiger partial charge in [0.05, 0.1) is 23.6 Å². The lowest BCUT2D eigenvalue weighted by Crippen LogP contribution is -2.06. The summed E-state index contributed by atoms with van der Waals surface area (Å²) >= 11 is 5.74. The zero-order valence-corrected chi connectivity index (χ0v) is 14.1. The summed E-state index contributed by atoms with van der Waals surface area (Å²) < 4.78 is 4.41. The van der Waals surface area contributed by atoms with Gasteiger partial charge in [-0.15, -0.1) is 0 Å². The number of fused-ring (bicyclic) bond motifs is 1. The average molecular weight is 332 g/mol. The Kier molecular flexibility index (Phi) is 3.70. The number of aryl methyl sites for hydroxylation is 1. The minimum absolute atomic E-state index is 0.652. The van der Waals surface area contributed by atoms with Crippen molar-refractivity contribution in [3.63, 3.8) is 0 Å². The van der Waals surface area contributed by atoms with E-state index in [1.807, 2.05) is 59.0 Å². The van der Waals surface area contributed by atoms with Crippen LogP contribution in [-0.4, -0.2) is 19.6 Å². The van der Waals surface area contributed by atoms with Gasteiger partial charge in [0.1, 0.15) is 10.3 Å². The summed E-state index contributed by atoms with van der Waals surface area (Å²) in [4.78, 5) is 0. The van der Waals surface area contributed by atoms with E-state index >= 15 is 0 Å². The van der Waals surface area contributed by atoms with Crippen LogP contribution in [0.4, 0.5) is 0 Å². The lowest BCUT2D eigenvalue weighted by molar-refractivity contribution is 0.660. The fraction of sp³-hybridized carbons (Fsp3) is 0.105. The molecule has 2 heterocycles. The van der Waals surface area contributed by atoms with E-state index < -0.39 is 0 Å². The van der Waals surface area contributed by atoms with E-state index in [0.717, 1.165) is 22.2 Å². The van der Waals surface area contributed by atoms with Gasteiger partial charge in [0.25, 0.3) is 0 Å². The average Bonchev–Trinajstić information content (AvgIpc) is 2.97. The normalized spacial score (nSPS) is 11.0. The van der Waals surface area contributed by atoms with Gasteiger partial charge < -0.3 is 0 Å². The first-order valence-corrected chi connectivity index (χ1v) is 8.17. The Morgan fingerprint density at radius 2 is 1.62 bits per heavy atom. The van der Waals surface area contributed by atoms with Crippen LogP contribution in [-0.2, 0) is 13.6 Å². The van der Waals surface area contributed by atoms with Gasteiger partial charge in [-0.2, -0.15) is 10.2 Å². The van der Waals surface area contributed by atoms with Crippen molar-refractivity contribution in [2.45, 2.75) is 6.54 Å². The second-order valence-corrected chi connectivity index (χ2v) is 6.08. The van der Waals surface area contributed by atoms with E-state index in [2.05, 4.69) is 34.5 Å². The fourth-order valence-corrected chi connectivity index (χ4v) is 3.18. The molecule has 2 aromatic carbocycles. The lowest BCUT2D eigenvalue weighted by Gasteiger charge is -2.07. The van der Waals surface area contributed by atoms with Crippen molar-refractivity contribution in [2.24, 2.45) is 7.05 Å². The highest BCUT2D eigenvalue weighted by molar-refractivity contribution is 7.71. The summed E-state index contributed by atoms with van der Waals surface area (Å²) in [5.41, 5.74) is 4.09. The molecule has 0 spiro atoms. The lowest BCUT2D eigenvalue weighted by atomic mass is 10.1. The Balaban J connectivity index is 1.91. The highest BCUT2D eigenvalue weighted by Gasteiger charge is 2.14. The van der Waals surface area contributed by atoms with Crippen molar-refractivity contribution in [1.82, 2.24) is 19.6 Å². The van der Waals surface area contributed by atoms with Crippen molar-refractivity contribution in [2.75, 3.05) is 0 Å². The van der Waals surface area contributed by atoms with Crippen LogP contribution in [0.25, 0.3) is 22.2 Å². The molecule has 4 rings (SSSR count). The minimum Gasteiger partial charge on any atom is -0.266 e. The first kappa shape index (κ1) is 14.8. The molecule has 118 valence electrons. The first-order valence-electron chi connectivity index (χ1n) is 7.76. The van der Waals surface area contributed by atoms with Crippen molar-refractivity contribution >= 4 is 23.1 Å². The van der Waals surface area contributed by atoms with Crippen LogP contribution < -0.4 is 0 Å². The molecule has 0 amide bonds. The SMILES string of the molecule is Cn1nc(-c2ccccc2)c2c(=S)n(Cc3ccccc3)ncc21. The monoisotopic (exact) mass is 332 g/mol. The third-order valence-corrected chi connectivity index (χ3v) is 4.50. The highest BCUT2D eigenvalue weighted by Crippen LogP contribution is 2.27. The molecule has 0 bridgehead atoms. The molecule has 0 atom stereocenters. The van der Waals surface area contributed by atoms with Crippen LogP contribution in [0.3, 0.4) is 0 Å². The van der Waals surface area contributed by atoms with E-state index in [1.54, 1.807) is 0 Å². The van der Waals surface area contributed by atoms with E-state index in [-0.39, 0.29) is 0 Å². The molecular formula is C19H16N4S. The standard InChI is InChI=1S/C19H16N4S/c1-22-16-12-20-23(13-14-8-4-2-5-9-14)19(24)17(16)18(21-22)15-10-6-3-7-11-15/h2-12H,13H2,1H3. The van der Waals surface area contributed by atoms with E-state index in [4.69, 9.17) is 12.2 Å². The molecule has 0 aliphatic carbocycles. The van der Waals surface area contributed by atoms with Crippen molar-refractivity contribution in [3.8, 4) is 11.3 Å². The van der Waals surface area contributed by atoms with E-state index in [0.29, 0.717) is 11.2 Å². The maximum Gasteiger partial charge on any atom is 0.134 e. The van der Waals surface area contributed by atoms with Gasteiger partial charge in [0, 0.05) is 12.6 Å². The molecule has 2 aromatic heterocycles. The fourth-order valence-electron chi connectivity index (χ4n) is 2.87. The molecule has 0 saturated carbocycles. The molecule has 0 N–H and O–H groups in total. The summed E-state index contributed by atoms with van der Waals surface area (Å²) in [5.74, 6) is 0. The first-order chi connectivity index (χ1) is 11.7. The van der Waals surface area contributed by atoms with E-state index in [9.17, 15) is 0 Å². The quantitative estimate of drug-likeness (QED) is 0.527. The summed E-state index contributed by atoms with van der Waals surface area (Å²) in [6, 6.07) is 20.3. The number of hydrogen-bond acceptors (Lipinski definition) is 3. The third-order valence-electron chi connectivity index (χ3n) is 4.08. The number of nitrogens with zero attached hydrogens (tertiary/aromatic N) is 4. The number of aromatic nitrogens is 4. The topological polar surface area (TPSA) is 35.6 Å². The van der Waals surface area contributed by atoms with Crippen molar-refractivity contribution in [3.05, 3.63) is 77.1 Å². The molecule has 24 heavy (non-hydrogen) atoms. The smallest absolute Gasteiger partial charge is 0.134 e. The molecule has 4 aromatic rings. The molecule has 0 aliphatic heterocycles. The molecule has 0 aliphatic rings. The Bertz CT molecular complexity index is 1050. The molecule has 0 saturated heterocycles. The molecule has 4 nitrogen and oxygen atoms in total. The highest BCUT2D eigenvalue weighted by atomic mass is 32.1. The Morgan fingerprint density at radius 3 is 2.33 bits per heavy atom. The Labute approximate surface area is 145 Å². The molecule has 0 fully saturated rings. The summed E-state index contributed by atoms with van der Waals surface area (Å²) in [6.07, 6.45) is 1.84. The largest absolute Gasteiger partial charge is 0.266 e. The van der Waals surface area contributed by atoms with Gasteiger partial charge in [0.2, 0.25) is 0 Å². The molecule has 0 radical (unpaired) electrons.